The highest BCUT2D eigenvalue weighted by atomic mass is 32.2. The fraction of sp³-hybridized carbons (Fsp3) is 0.475. The van der Waals surface area contributed by atoms with E-state index in [1.165, 1.54) is 43.8 Å². The van der Waals surface area contributed by atoms with Crippen molar-refractivity contribution in [2.45, 2.75) is 65.6 Å². The summed E-state index contributed by atoms with van der Waals surface area (Å²) in [7, 11) is -2.54. The van der Waals surface area contributed by atoms with Crippen LogP contribution >= 0.6 is 0 Å². The molecule has 0 bridgehead atoms. The van der Waals surface area contributed by atoms with Crippen LogP contribution in [0.2, 0.25) is 0 Å². The lowest BCUT2D eigenvalue weighted by atomic mass is 9.62. The van der Waals surface area contributed by atoms with E-state index < -0.39 is 33.0 Å². The monoisotopic (exact) mass is 762 g/mol. The molecule has 2 N–H and O–H groups in total. The Morgan fingerprint density at radius 1 is 1.00 bits per heavy atom. The molecule has 4 aliphatic rings. The average molecular weight is 763 g/mol. The minimum atomic E-state index is -3.92. The van der Waals surface area contributed by atoms with E-state index >= 15 is 4.39 Å². The number of methoxy groups -OCH3 is 1. The van der Waals surface area contributed by atoms with Gasteiger partial charge in [0.05, 0.1) is 47.4 Å². The van der Waals surface area contributed by atoms with E-state index in [4.69, 9.17) is 4.74 Å². The number of amides is 2. The number of carbonyl (C=O) groups is 2. The Balaban J connectivity index is 1.01. The smallest absolute Gasteiger partial charge is 0.407 e. The summed E-state index contributed by atoms with van der Waals surface area (Å²) in [5, 5.41) is 5.63. The van der Waals surface area contributed by atoms with Gasteiger partial charge >= 0.3 is 6.09 Å². The first kappa shape index (κ1) is 37.9. The molecular formula is C40H48F2N6O5S. The zero-order chi connectivity index (χ0) is 38.1. The summed E-state index contributed by atoms with van der Waals surface area (Å²) >= 11 is 0. The number of halogens is 2. The minimum Gasteiger partial charge on any atom is -0.453 e. The summed E-state index contributed by atoms with van der Waals surface area (Å²) in [6, 6.07) is 14.6. The lowest BCUT2D eigenvalue weighted by Crippen LogP contribution is -2.66. The predicted octanol–water partition coefficient (Wildman–Crippen LogP) is 5.54. The van der Waals surface area contributed by atoms with E-state index in [1.54, 1.807) is 24.3 Å². The number of aromatic nitrogens is 1. The van der Waals surface area contributed by atoms with Gasteiger partial charge in [0.15, 0.2) is 5.67 Å². The second-order valence-electron chi connectivity index (χ2n) is 15.1. The maximum Gasteiger partial charge on any atom is 0.407 e. The Morgan fingerprint density at radius 3 is 2.39 bits per heavy atom. The van der Waals surface area contributed by atoms with Crippen molar-refractivity contribution in [1.29, 1.82) is 0 Å². The number of rotatable bonds is 12. The molecule has 1 aromatic heterocycles. The number of alkyl carbamates (subject to hydrolysis) is 1. The van der Waals surface area contributed by atoms with Crippen LogP contribution in [0.15, 0.2) is 89.4 Å². The lowest BCUT2D eigenvalue weighted by molar-refractivity contribution is -0.111. The van der Waals surface area contributed by atoms with Crippen LogP contribution < -0.4 is 15.5 Å². The van der Waals surface area contributed by atoms with Crippen LogP contribution in [0, 0.1) is 17.7 Å². The van der Waals surface area contributed by atoms with Gasteiger partial charge in [-0.3, -0.25) is 19.6 Å². The second-order valence-corrected chi connectivity index (χ2v) is 17.1. The highest BCUT2D eigenvalue weighted by molar-refractivity contribution is 7.91. The molecule has 7 rings (SSSR count). The quantitative estimate of drug-likeness (QED) is 0.229. The van der Waals surface area contributed by atoms with Crippen molar-refractivity contribution < 1.29 is 31.5 Å². The van der Waals surface area contributed by atoms with Crippen LogP contribution in [0.4, 0.5) is 25.0 Å². The molecule has 0 spiro atoms. The number of sulfone groups is 1. The Hall–Kier alpha value is -4.40. The summed E-state index contributed by atoms with van der Waals surface area (Å²) in [4.78, 5) is 34.7. The molecule has 1 saturated carbocycles. The molecular weight excluding hydrogens is 715 g/mol. The number of nitrogens with one attached hydrogen (secondary N) is 2. The number of likely N-dealkylation sites (tertiary alicyclic amines) is 2. The van der Waals surface area contributed by atoms with Crippen molar-refractivity contribution in [3.05, 3.63) is 91.0 Å². The molecule has 14 heteroatoms. The van der Waals surface area contributed by atoms with E-state index in [2.05, 4.69) is 32.0 Å². The third-order valence-electron chi connectivity index (χ3n) is 11.9. The molecule has 11 nitrogen and oxygen atoms in total. The number of hydrogen-bond donors (Lipinski definition) is 2. The van der Waals surface area contributed by atoms with Crippen molar-refractivity contribution in [2.75, 3.05) is 63.1 Å². The van der Waals surface area contributed by atoms with Crippen molar-refractivity contribution in [1.82, 2.24) is 20.1 Å². The molecule has 3 aromatic rings. The van der Waals surface area contributed by atoms with Crippen molar-refractivity contribution in [3.8, 4) is 0 Å². The molecule has 4 fully saturated rings. The largest absolute Gasteiger partial charge is 0.453 e. The normalized spacial score (nSPS) is 23.1. The van der Waals surface area contributed by atoms with Gasteiger partial charge in [-0.05, 0) is 105 Å². The molecule has 3 aliphatic heterocycles. The van der Waals surface area contributed by atoms with Gasteiger partial charge in [0.2, 0.25) is 15.7 Å². The summed E-state index contributed by atoms with van der Waals surface area (Å²) < 4.78 is 62.8. The third-order valence-corrected chi connectivity index (χ3v) is 13.6. The van der Waals surface area contributed by atoms with Crippen LogP contribution in [0.3, 0.4) is 0 Å². The molecule has 4 heterocycles. The molecule has 1 aliphatic carbocycles. The number of alkyl halides is 1. The van der Waals surface area contributed by atoms with Gasteiger partial charge < -0.3 is 20.3 Å². The van der Waals surface area contributed by atoms with Gasteiger partial charge in [0.1, 0.15) is 5.82 Å². The SMILES string of the molecule is C=CC(=O)Nc1cncc(S(=O)(=O)c2ccc(N3CC(F)(CN4CCC(C(c5cccc(F)c5)([C@H]5CCC[C@@H]5NC(=O)OC)N5CCC5)CC4)C3)cc2)c1. The van der Waals surface area contributed by atoms with Gasteiger partial charge in [0, 0.05) is 43.5 Å². The third kappa shape index (κ3) is 7.35. The van der Waals surface area contributed by atoms with E-state index in [0.29, 0.717) is 19.6 Å². The maximum absolute atomic E-state index is 16.2. The molecule has 1 unspecified atom stereocenters. The predicted molar refractivity (Wildman–Crippen MR) is 201 cm³/mol. The van der Waals surface area contributed by atoms with Crippen LogP contribution in [-0.4, -0.2) is 99.8 Å². The first-order chi connectivity index (χ1) is 25.9. The van der Waals surface area contributed by atoms with Gasteiger partial charge in [-0.1, -0.05) is 25.1 Å². The van der Waals surface area contributed by atoms with Gasteiger partial charge in [-0.15, -0.1) is 0 Å². The summed E-state index contributed by atoms with van der Waals surface area (Å²) in [6.07, 6.45) is 8.65. The van der Waals surface area contributed by atoms with Crippen LogP contribution in [0.25, 0.3) is 0 Å². The first-order valence-electron chi connectivity index (χ1n) is 18.7. The minimum absolute atomic E-state index is 0.0627. The zero-order valence-electron chi connectivity index (χ0n) is 30.6. The van der Waals surface area contributed by atoms with Crippen LogP contribution in [-0.2, 0) is 24.9 Å². The number of piperidine rings is 1. The molecule has 288 valence electrons. The van der Waals surface area contributed by atoms with Crippen LogP contribution in [0.1, 0.15) is 44.1 Å². The molecule has 2 amide bonds. The number of hydrogen-bond acceptors (Lipinski definition) is 9. The second kappa shape index (κ2) is 15.4. The van der Waals surface area contributed by atoms with Crippen molar-refractivity contribution >= 4 is 33.2 Å². The molecule has 2 aromatic carbocycles. The molecule has 3 saturated heterocycles. The van der Waals surface area contributed by atoms with Gasteiger partial charge in [-0.2, -0.15) is 0 Å². The van der Waals surface area contributed by atoms with Crippen molar-refractivity contribution in [3.63, 3.8) is 0 Å². The Labute approximate surface area is 315 Å². The molecule has 54 heavy (non-hydrogen) atoms. The van der Waals surface area contributed by atoms with Crippen LogP contribution in [0.5, 0.6) is 0 Å². The number of pyridine rings is 1. The topological polar surface area (TPSA) is 124 Å². The fourth-order valence-corrected chi connectivity index (χ4v) is 10.6. The highest BCUT2D eigenvalue weighted by Crippen LogP contribution is 2.54. The summed E-state index contributed by atoms with van der Waals surface area (Å²) in [5.74, 6) is -0.481. The zero-order valence-corrected chi connectivity index (χ0v) is 31.4. The number of carbonyl (C=O) groups excluding carboxylic acids is 2. The number of nitrogens with zero attached hydrogens (tertiary/aromatic N) is 4. The average Bonchev–Trinajstić information content (AvgIpc) is 3.60. The van der Waals surface area contributed by atoms with E-state index in [-0.39, 0.29) is 52.3 Å². The van der Waals surface area contributed by atoms with E-state index in [1.807, 2.05) is 11.0 Å². The maximum atomic E-state index is 16.2. The number of benzene rings is 2. The fourth-order valence-electron chi connectivity index (χ4n) is 9.37. The Kier molecular flexibility index (Phi) is 10.8. The first-order valence-corrected chi connectivity index (χ1v) is 20.2. The van der Waals surface area contributed by atoms with Gasteiger partial charge in [-0.25, -0.2) is 22.0 Å². The standard InChI is InChI=1S/C40H48F2N6O5S/c1-3-37(49)44-31-22-34(24-43-23-31)54(51,52)33-13-11-32(12-14-33)47-26-39(42,27-47)25-46-19-15-28(16-20-46)40(48-17-6-18-48,29-7-4-8-30(41)21-29)35-9-5-10-36(35)45-38(50)53-2/h3-4,7-8,11-14,21-24,28,35-36H,1,5-6,9-10,15-20,25-27H2,2H3,(H,44,49)(H,45,50)/t35-,36-,40?/m0/s1. The number of anilines is 2. The highest BCUT2D eigenvalue weighted by Gasteiger charge is 2.56. The summed E-state index contributed by atoms with van der Waals surface area (Å²) in [5.41, 5.74) is 0.0426. The Bertz CT molecular complexity index is 1960. The molecule has 0 radical (unpaired) electrons. The molecule has 3 atom stereocenters. The van der Waals surface area contributed by atoms with Crippen molar-refractivity contribution in [2.24, 2.45) is 11.8 Å². The Morgan fingerprint density at radius 2 is 1.74 bits per heavy atom. The van der Waals surface area contributed by atoms with E-state index in [9.17, 15) is 22.4 Å². The van der Waals surface area contributed by atoms with E-state index in [0.717, 1.165) is 68.9 Å². The lowest BCUT2D eigenvalue weighted by Gasteiger charge is -2.59. The van der Waals surface area contributed by atoms with Gasteiger partial charge in [0.25, 0.3) is 0 Å². The number of ether oxygens (including phenoxy) is 1. The summed E-state index contributed by atoms with van der Waals surface area (Å²) in [6.45, 7) is 7.32.